The van der Waals surface area contributed by atoms with Crippen molar-refractivity contribution in [2.75, 3.05) is 16.4 Å². The number of nitrogens with zero attached hydrogens (tertiary/aromatic N) is 6. The van der Waals surface area contributed by atoms with Crippen molar-refractivity contribution in [2.24, 2.45) is 0 Å². The maximum atomic E-state index is 13.7. The van der Waals surface area contributed by atoms with E-state index < -0.39 is 30.5 Å². The highest BCUT2D eigenvalue weighted by Crippen LogP contribution is 2.44. The third-order valence-electron chi connectivity index (χ3n) is 7.21. The molecule has 0 saturated heterocycles. The van der Waals surface area contributed by atoms with Crippen LogP contribution in [0, 0.1) is 11.3 Å². The predicted molar refractivity (Wildman–Crippen MR) is 150 cm³/mol. The van der Waals surface area contributed by atoms with Crippen LogP contribution in [0.5, 0.6) is 0 Å². The maximum absolute atomic E-state index is 13.7. The minimum atomic E-state index is -0.885. The van der Waals surface area contributed by atoms with Crippen LogP contribution in [0.15, 0.2) is 84.1 Å². The number of fused-ring (bicyclic) bond motifs is 2. The number of hydrogen-bond acceptors (Lipinski definition) is 8. The second-order valence-electron chi connectivity index (χ2n) is 9.64. The van der Waals surface area contributed by atoms with Crippen LogP contribution in [0.25, 0.3) is 0 Å². The Morgan fingerprint density at radius 3 is 2.31 bits per heavy atom. The van der Waals surface area contributed by atoms with Gasteiger partial charge in [-0.25, -0.2) is 18.8 Å². The summed E-state index contributed by atoms with van der Waals surface area (Å²) in [5.74, 6) is -1.75. The van der Waals surface area contributed by atoms with Gasteiger partial charge in [0.2, 0.25) is 5.95 Å². The molecule has 2 aliphatic rings. The summed E-state index contributed by atoms with van der Waals surface area (Å²) in [7, 11) is 0. The minimum absolute atomic E-state index is 0.109. The second kappa shape index (κ2) is 10.4. The number of alkyl halides is 1. The molecule has 0 fully saturated rings. The number of esters is 1. The topological polar surface area (TPSA) is 121 Å². The van der Waals surface area contributed by atoms with Gasteiger partial charge in [-0.2, -0.15) is 10.2 Å². The number of benzene rings is 3. The van der Waals surface area contributed by atoms with E-state index >= 15 is 0 Å². The van der Waals surface area contributed by atoms with Crippen LogP contribution < -0.4 is 9.80 Å². The van der Waals surface area contributed by atoms with E-state index in [0.717, 1.165) is 4.90 Å². The van der Waals surface area contributed by atoms with Gasteiger partial charge in [-0.05, 0) is 61.4 Å². The molecule has 0 N–H and O–H groups in total. The lowest BCUT2D eigenvalue weighted by Gasteiger charge is -2.35. The summed E-state index contributed by atoms with van der Waals surface area (Å²) in [6.07, 6.45) is 0. The number of carbonyl (C=O) groups is 3. The second-order valence-corrected chi connectivity index (χ2v) is 9.64. The molecule has 3 aromatic carbocycles. The van der Waals surface area contributed by atoms with Crippen LogP contribution in [0.3, 0.4) is 0 Å². The quantitative estimate of drug-likeness (QED) is 0.238. The highest BCUT2D eigenvalue weighted by Gasteiger charge is 2.43. The average Bonchev–Trinajstić information content (AvgIpc) is 3.54. The van der Waals surface area contributed by atoms with Crippen molar-refractivity contribution in [2.45, 2.75) is 26.6 Å². The van der Waals surface area contributed by atoms with Crippen LogP contribution in [0.4, 0.5) is 22.0 Å². The number of imide groups is 1. The molecule has 4 aromatic rings. The van der Waals surface area contributed by atoms with Crippen molar-refractivity contribution in [3.05, 3.63) is 112 Å². The standard InChI is InChI=1S/C31H23FN6O4/c1-3-42-29(41)25-18(2)36(22-8-6-7-20(15-22)16-32)31-34-30(37-27(39)23-9-4-5-10-24(23)28(37)40)35-38(31)26(25)21-13-11-19(17-33)12-14-21/h4-15,26H,3,16H2,1-2H3. The highest BCUT2D eigenvalue weighted by molar-refractivity contribution is 6.33. The first kappa shape index (κ1) is 26.6. The summed E-state index contributed by atoms with van der Waals surface area (Å²) >= 11 is 0. The Bertz CT molecular complexity index is 1800. The first-order chi connectivity index (χ1) is 20.4. The Labute approximate surface area is 239 Å². The molecule has 0 radical (unpaired) electrons. The van der Waals surface area contributed by atoms with E-state index in [4.69, 9.17) is 4.74 Å². The van der Waals surface area contributed by atoms with E-state index in [1.807, 2.05) is 0 Å². The van der Waals surface area contributed by atoms with Gasteiger partial charge in [-0.15, -0.1) is 5.10 Å². The maximum Gasteiger partial charge on any atom is 0.338 e. The molecule has 11 heteroatoms. The first-order valence-electron chi connectivity index (χ1n) is 13.1. The molecule has 1 unspecified atom stereocenters. The lowest BCUT2D eigenvalue weighted by atomic mass is 9.94. The van der Waals surface area contributed by atoms with Gasteiger partial charge in [-0.1, -0.05) is 36.4 Å². The van der Waals surface area contributed by atoms with E-state index in [2.05, 4.69) is 16.2 Å². The van der Waals surface area contributed by atoms with Gasteiger partial charge in [0.1, 0.15) is 12.7 Å². The zero-order chi connectivity index (χ0) is 29.5. The van der Waals surface area contributed by atoms with Crippen LogP contribution in [-0.2, 0) is 16.2 Å². The molecule has 1 atom stereocenters. The number of nitriles is 1. The Kier molecular flexibility index (Phi) is 6.59. The smallest absolute Gasteiger partial charge is 0.338 e. The van der Waals surface area contributed by atoms with Gasteiger partial charge < -0.3 is 4.74 Å². The Morgan fingerprint density at radius 1 is 1.00 bits per heavy atom. The molecule has 6 rings (SSSR count). The van der Waals surface area contributed by atoms with Gasteiger partial charge in [0.15, 0.2) is 0 Å². The van der Waals surface area contributed by atoms with Crippen molar-refractivity contribution in [3.63, 3.8) is 0 Å². The van der Waals surface area contributed by atoms with E-state index in [1.165, 1.54) is 4.68 Å². The van der Waals surface area contributed by atoms with E-state index in [1.54, 1.807) is 91.5 Å². The molecule has 3 heterocycles. The zero-order valence-corrected chi connectivity index (χ0v) is 22.6. The van der Waals surface area contributed by atoms with Crippen molar-refractivity contribution >= 4 is 35.4 Å². The summed E-state index contributed by atoms with van der Waals surface area (Å²) < 4.78 is 20.6. The fourth-order valence-electron chi connectivity index (χ4n) is 5.29. The predicted octanol–water partition coefficient (Wildman–Crippen LogP) is 5.00. The molecule has 0 spiro atoms. The van der Waals surface area contributed by atoms with E-state index in [-0.39, 0.29) is 35.2 Å². The number of carbonyl (C=O) groups excluding carboxylic acids is 3. The number of anilines is 3. The monoisotopic (exact) mass is 562 g/mol. The molecule has 0 bridgehead atoms. The normalized spacial score (nSPS) is 15.9. The Hall–Kier alpha value is -5.63. The minimum Gasteiger partial charge on any atom is -0.463 e. The summed E-state index contributed by atoms with van der Waals surface area (Å²) in [6, 6.07) is 20.9. The molecule has 208 valence electrons. The summed E-state index contributed by atoms with van der Waals surface area (Å²) in [5.41, 5.74) is 3.02. The number of hydrogen-bond donors (Lipinski definition) is 0. The average molecular weight is 563 g/mol. The van der Waals surface area contributed by atoms with Crippen molar-refractivity contribution in [3.8, 4) is 6.07 Å². The first-order valence-corrected chi connectivity index (χ1v) is 13.1. The highest BCUT2D eigenvalue weighted by atomic mass is 19.1. The van der Waals surface area contributed by atoms with Crippen LogP contribution in [0.1, 0.15) is 57.3 Å². The van der Waals surface area contributed by atoms with Gasteiger partial charge in [-0.3, -0.25) is 14.5 Å². The number of ether oxygens (including phenoxy) is 1. The number of amides is 2. The van der Waals surface area contributed by atoms with Gasteiger partial charge >= 0.3 is 5.97 Å². The van der Waals surface area contributed by atoms with E-state index in [0.29, 0.717) is 28.1 Å². The molecule has 2 amide bonds. The molecule has 2 aliphatic heterocycles. The lowest BCUT2D eigenvalue weighted by Crippen LogP contribution is -2.34. The largest absolute Gasteiger partial charge is 0.463 e. The number of halogens is 1. The summed E-state index contributed by atoms with van der Waals surface area (Å²) in [6.45, 7) is 2.80. The molecular weight excluding hydrogens is 539 g/mol. The molecule has 10 nitrogen and oxygen atoms in total. The van der Waals surface area contributed by atoms with Crippen molar-refractivity contribution in [1.29, 1.82) is 5.26 Å². The fourth-order valence-corrected chi connectivity index (χ4v) is 5.29. The van der Waals surface area contributed by atoms with Crippen LogP contribution in [-0.4, -0.2) is 39.2 Å². The fraction of sp³-hybridized carbons (Fsp3) is 0.161. The van der Waals surface area contributed by atoms with E-state index in [9.17, 15) is 24.0 Å². The Balaban J connectivity index is 1.60. The van der Waals surface area contributed by atoms with Crippen molar-refractivity contribution < 1.29 is 23.5 Å². The molecule has 42 heavy (non-hydrogen) atoms. The molecule has 1 aromatic heterocycles. The number of aromatic nitrogens is 3. The third-order valence-corrected chi connectivity index (χ3v) is 7.21. The Morgan fingerprint density at radius 2 is 1.69 bits per heavy atom. The van der Waals surface area contributed by atoms with Gasteiger partial charge in [0, 0.05) is 11.4 Å². The summed E-state index contributed by atoms with van der Waals surface area (Å²) in [5, 5.41) is 14.0. The van der Waals surface area contributed by atoms with Gasteiger partial charge in [0.25, 0.3) is 17.8 Å². The van der Waals surface area contributed by atoms with Crippen molar-refractivity contribution in [1.82, 2.24) is 14.8 Å². The van der Waals surface area contributed by atoms with Gasteiger partial charge in [0.05, 0.1) is 34.9 Å². The number of allylic oxidation sites excluding steroid dienone is 1. The zero-order valence-electron chi connectivity index (χ0n) is 22.6. The lowest BCUT2D eigenvalue weighted by molar-refractivity contribution is -0.139. The molecule has 0 aliphatic carbocycles. The van der Waals surface area contributed by atoms with Crippen LogP contribution in [0.2, 0.25) is 0 Å². The summed E-state index contributed by atoms with van der Waals surface area (Å²) in [4.78, 5) is 47.4. The molecular formula is C31H23FN6O4. The molecule has 0 saturated carbocycles. The SMILES string of the molecule is CCOC(=O)C1=C(C)N(c2cccc(CF)c2)c2nc(N3C(=O)c4ccccc4C3=O)nn2C1c1ccc(C#N)cc1. The third kappa shape index (κ3) is 4.12. The van der Waals surface area contributed by atoms with Crippen LogP contribution >= 0.6 is 0 Å². The number of rotatable bonds is 6.